The van der Waals surface area contributed by atoms with Gasteiger partial charge in [0.25, 0.3) is 0 Å². The highest BCUT2D eigenvalue weighted by molar-refractivity contribution is 5.80. The molecule has 0 unspecified atom stereocenters. The molecule has 0 fully saturated rings. The Morgan fingerprint density at radius 1 is 0.857 bits per heavy atom. The van der Waals surface area contributed by atoms with E-state index in [1.807, 2.05) is 6.92 Å². The maximum Gasteiger partial charge on any atom is 0.328 e. The topological polar surface area (TPSA) is 74.6 Å². The van der Waals surface area contributed by atoms with Crippen LogP contribution in [0.15, 0.2) is 36.5 Å². The van der Waals surface area contributed by atoms with Gasteiger partial charge in [-0.25, -0.2) is 9.59 Å². The Morgan fingerprint density at radius 3 is 1.57 bits per heavy atom. The number of allylic oxidation sites excluding steroid dienone is 4. The summed E-state index contributed by atoms with van der Waals surface area (Å²) in [5.74, 6) is -1.80. The lowest BCUT2D eigenvalue weighted by atomic mass is 10.4. The van der Waals surface area contributed by atoms with Crippen molar-refractivity contribution in [3.05, 3.63) is 36.5 Å². The van der Waals surface area contributed by atoms with E-state index in [9.17, 15) is 9.59 Å². The van der Waals surface area contributed by atoms with Crippen molar-refractivity contribution in [2.75, 3.05) is 0 Å². The number of hydrogen-bond donors (Lipinski definition) is 2. The first-order valence-electron chi connectivity index (χ1n) is 3.92. The Morgan fingerprint density at radius 2 is 1.36 bits per heavy atom. The van der Waals surface area contributed by atoms with Crippen LogP contribution >= 0.6 is 0 Å². The van der Waals surface area contributed by atoms with Crippen LogP contribution in [0.5, 0.6) is 0 Å². The van der Waals surface area contributed by atoms with Gasteiger partial charge in [0.15, 0.2) is 0 Å². The zero-order chi connectivity index (χ0) is 11.4. The molecule has 14 heavy (non-hydrogen) atoms. The predicted molar refractivity (Wildman–Crippen MR) is 54.0 cm³/mol. The number of carboxylic acid groups (broad SMARTS) is 2. The van der Waals surface area contributed by atoms with Crippen molar-refractivity contribution < 1.29 is 19.8 Å². The number of hydrogen-bond acceptors (Lipinski definition) is 2. The van der Waals surface area contributed by atoms with Crippen LogP contribution in [0.4, 0.5) is 0 Å². The zero-order valence-corrected chi connectivity index (χ0v) is 8.18. The van der Waals surface area contributed by atoms with Crippen molar-refractivity contribution in [2.24, 2.45) is 0 Å². The standard InChI is InChI=1S/C6H8O2.C4H6O2/c1-2-3-4-5-6(7)8;1-2-3-4(5)6/h2-5H,1H3,(H,7,8);2-3H,1H3,(H,5,6)/b3-2+,5-4+;3-2+. The molecule has 0 heterocycles. The molecule has 0 radical (unpaired) electrons. The predicted octanol–water partition coefficient (Wildman–Crippen LogP) is 1.85. The molecule has 0 saturated heterocycles. The van der Waals surface area contributed by atoms with Crippen LogP contribution < -0.4 is 0 Å². The highest BCUT2D eigenvalue weighted by Gasteiger charge is 1.78. The molecule has 0 atom stereocenters. The van der Waals surface area contributed by atoms with Crippen LogP contribution in [0.25, 0.3) is 0 Å². The van der Waals surface area contributed by atoms with E-state index in [1.54, 1.807) is 19.1 Å². The Balaban J connectivity index is 0. The van der Waals surface area contributed by atoms with Gasteiger partial charge in [0.05, 0.1) is 0 Å². The van der Waals surface area contributed by atoms with Gasteiger partial charge in [-0.3, -0.25) is 0 Å². The van der Waals surface area contributed by atoms with Crippen LogP contribution in [0, 0.1) is 0 Å². The zero-order valence-electron chi connectivity index (χ0n) is 8.18. The first-order chi connectivity index (χ1) is 6.54. The third-order valence-electron chi connectivity index (χ3n) is 0.852. The Kier molecular flexibility index (Phi) is 11.7. The lowest BCUT2D eigenvalue weighted by molar-refractivity contribution is -0.132. The largest absolute Gasteiger partial charge is 0.478 e. The molecular formula is C10H14O4. The van der Waals surface area contributed by atoms with Gasteiger partial charge >= 0.3 is 11.9 Å². The molecule has 0 amide bonds. The van der Waals surface area contributed by atoms with E-state index in [0.29, 0.717) is 0 Å². The maximum absolute atomic E-state index is 9.75. The van der Waals surface area contributed by atoms with Crippen molar-refractivity contribution in [2.45, 2.75) is 13.8 Å². The molecule has 0 saturated carbocycles. The molecule has 0 rings (SSSR count). The Hall–Kier alpha value is -1.84. The molecular weight excluding hydrogens is 184 g/mol. The van der Waals surface area contributed by atoms with Crippen LogP contribution in [0.3, 0.4) is 0 Å². The molecule has 0 aromatic heterocycles. The highest BCUT2D eigenvalue weighted by atomic mass is 16.4. The number of rotatable bonds is 3. The molecule has 0 aromatic carbocycles. The van der Waals surface area contributed by atoms with Gasteiger partial charge in [0, 0.05) is 12.2 Å². The van der Waals surface area contributed by atoms with E-state index in [2.05, 4.69) is 0 Å². The van der Waals surface area contributed by atoms with Crippen LogP contribution in [0.2, 0.25) is 0 Å². The third kappa shape index (κ3) is 22.5. The second-order valence-electron chi connectivity index (χ2n) is 2.06. The van der Waals surface area contributed by atoms with Crippen molar-refractivity contribution in [1.82, 2.24) is 0 Å². The highest BCUT2D eigenvalue weighted by Crippen LogP contribution is 1.74. The number of aliphatic carboxylic acids is 2. The smallest absolute Gasteiger partial charge is 0.328 e. The summed E-state index contributed by atoms with van der Waals surface area (Å²) in [6.45, 7) is 3.49. The monoisotopic (exact) mass is 198 g/mol. The molecule has 0 aromatic rings. The van der Waals surface area contributed by atoms with Crippen molar-refractivity contribution in [3.63, 3.8) is 0 Å². The number of carbonyl (C=O) groups is 2. The normalized spacial score (nSPS) is 10.4. The maximum atomic E-state index is 9.75. The number of carboxylic acids is 2. The van der Waals surface area contributed by atoms with E-state index in [0.717, 1.165) is 12.2 Å². The fourth-order valence-electron chi connectivity index (χ4n) is 0.392. The molecule has 2 N–H and O–H groups in total. The minimum absolute atomic E-state index is 0.891. The SMILES string of the molecule is C/C=C/C(=O)O.C/C=C/C=C/C(=O)O. The second kappa shape index (κ2) is 11.2. The lowest BCUT2D eigenvalue weighted by Crippen LogP contribution is -1.83. The summed E-state index contributed by atoms with van der Waals surface area (Å²) in [6.07, 6.45) is 8.54. The summed E-state index contributed by atoms with van der Waals surface area (Å²) in [4.78, 5) is 19.3. The van der Waals surface area contributed by atoms with Gasteiger partial charge in [-0.2, -0.15) is 0 Å². The minimum Gasteiger partial charge on any atom is -0.478 e. The van der Waals surface area contributed by atoms with Crippen LogP contribution in [-0.4, -0.2) is 22.2 Å². The van der Waals surface area contributed by atoms with Gasteiger partial charge in [0.2, 0.25) is 0 Å². The van der Waals surface area contributed by atoms with E-state index in [4.69, 9.17) is 10.2 Å². The van der Waals surface area contributed by atoms with E-state index >= 15 is 0 Å². The molecule has 0 bridgehead atoms. The summed E-state index contributed by atoms with van der Waals surface area (Å²) in [5.41, 5.74) is 0. The van der Waals surface area contributed by atoms with Gasteiger partial charge in [-0.05, 0) is 13.8 Å². The lowest BCUT2D eigenvalue weighted by Gasteiger charge is -1.72. The van der Waals surface area contributed by atoms with Crippen molar-refractivity contribution in [3.8, 4) is 0 Å². The summed E-state index contributed by atoms with van der Waals surface area (Å²) in [6, 6.07) is 0. The van der Waals surface area contributed by atoms with Crippen LogP contribution in [0.1, 0.15) is 13.8 Å². The molecule has 0 spiro atoms. The fourth-order valence-corrected chi connectivity index (χ4v) is 0.392. The molecule has 4 nitrogen and oxygen atoms in total. The molecule has 0 aliphatic rings. The van der Waals surface area contributed by atoms with E-state index < -0.39 is 11.9 Å². The second-order valence-corrected chi connectivity index (χ2v) is 2.06. The van der Waals surface area contributed by atoms with Gasteiger partial charge < -0.3 is 10.2 Å². The summed E-state index contributed by atoms with van der Waals surface area (Å²) in [5, 5.41) is 15.8. The first kappa shape index (κ1) is 14.7. The Labute approximate surface area is 82.9 Å². The third-order valence-corrected chi connectivity index (χ3v) is 0.852. The molecule has 78 valence electrons. The van der Waals surface area contributed by atoms with Crippen LogP contribution in [-0.2, 0) is 9.59 Å². The van der Waals surface area contributed by atoms with E-state index in [1.165, 1.54) is 12.2 Å². The molecule has 4 heteroatoms. The summed E-state index contributed by atoms with van der Waals surface area (Å²) < 4.78 is 0. The molecule has 0 aliphatic heterocycles. The van der Waals surface area contributed by atoms with Gasteiger partial charge in [-0.1, -0.05) is 24.3 Å². The average molecular weight is 198 g/mol. The Bertz CT molecular complexity index is 249. The van der Waals surface area contributed by atoms with E-state index in [-0.39, 0.29) is 0 Å². The van der Waals surface area contributed by atoms with Crippen molar-refractivity contribution >= 4 is 11.9 Å². The van der Waals surface area contributed by atoms with Gasteiger partial charge in [0.1, 0.15) is 0 Å². The summed E-state index contributed by atoms with van der Waals surface area (Å²) in [7, 11) is 0. The quantitative estimate of drug-likeness (QED) is 0.536. The van der Waals surface area contributed by atoms with Crippen molar-refractivity contribution in [1.29, 1.82) is 0 Å². The summed E-state index contributed by atoms with van der Waals surface area (Å²) >= 11 is 0. The molecule has 0 aliphatic carbocycles. The van der Waals surface area contributed by atoms with Gasteiger partial charge in [-0.15, -0.1) is 0 Å². The average Bonchev–Trinajstić information content (AvgIpc) is 2.05. The minimum atomic E-state index is -0.914. The fraction of sp³-hybridized carbons (Fsp3) is 0.200. The first-order valence-corrected chi connectivity index (χ1v) is 3.92.